The Balaban J connectivity index is 2.10. The molecule has 1 saturated carbocycles. The van der Waals surface area contributed by atoms with E-state index in [-0.39, 0.29) is 11.6 Å². The molecule has 0 saturated heterocycles. The standard InChI is InChI=1S/C13H23N3O2S/c1-3-17-13(7-4-5-8-13)12-15-11(18-16-12)10(14)6-9-19-2/h10H,3-9,14H2,1-2H3/t10-/m0/s1. The Hall–Kier alpha value is -0.590. The molecule has 0 unspecified atom stereocenters. The lowest BCUT2D eigenvalue weighted by Crippen LogP contribution is -2.28. The summed E-state index contributed by atoms with van der Waals surface area (Å²) in [5, 5.41) is 4.12. The molecule has 1 atom stereocenters. The molecular weight excluding hydrogens is 262 g/mol. The molecule has 2 N–H and O–H groups in total. The van der Waals surface area contributed by atoms with Gasteiger partial charge in [0.05, 0.1) is 6.04 Å². The lowest BCUT2D eigenvalue weighted by Gasteiger charge is -2.24. The highest BCUT2D eigenvalue weighted by molar-refractivity contribution is 7.98. The molecule has 0 aromatic carbocycles. The molecule has 0 radical (unpaired) electrons. The number of hydrogen-bond donors (Lipinski definition) is 1. The van der Waals surface area contributed by atoms with Gasteiger partial charge in [-0.05, 0) is 51.0 Å². The minimum atomic E-state index is -0.338. The van der Waals surface area contributed by atoms with Crippen LogP contribution in [0.15, 0.2) is 4.52 Å². The van der Waals surface area contributed by atoms with Crippen molar-refractivity contribution in [1.82, 2.24) is 10.1 Å². The van der Waals surface area contributed by atoms with Crippen molar-refractivity contribution in [2.24, 2.45) is 5.73 Å². The van der Waals surface area contributed by atoms with Crippen molar-refractivity contribution in [2.75, 3.05) is 18.6 Å². The molecule has 108 valence electrons. The maximum Gasteiger partial charge on any atom is 0.243 e. The Morgan fingerprint density at radius 3 is 2.84 bits per heavy atom. The quantitative estimate of drug-likeness (QED) is 0.830. The Kier molecular flexibility index (Phi) is 5.24. The van der Waals surface area contributed by atoms with Gasteiger partial charge in [-0.2, -0.15) is 16.7 Å². The van der Waals surface area contributed by atoms with Crippen LogP contribution in [0.4, 0.5) is 0 Å². The predicted octanol–water partition coefficient (Wildman–Crippen LogP) is 2.63. The highest BCUT2D eigenvalue weighted by Crippen LogP contribution is 2.40. The number of nitrogens with zero attached hydrogens (tertiary/aromatic N) is 2. The van der Waals surface area contributed by atoms with Crippen molar-refractivity contribution in [1.29, 1.82) is 0 Å². The second-order valence-corrected chi connectivity index (χ2v) is 5.96. The molecule has 0 aliphatic heterocycles. The lowest BCUT2D eigenvalue weighted by atomic mass is 10.0. The molecule has 6 heteroatoms. The van der Waals surface area contributed by atoms with Crippen molar-refractivity contribution in [3.05, 3.63) is 11.7 Å². The molecule has 0 bridgehead atoms. The minimum Gasteiger partial charge on any atom is -0.367 e. The molecule has 0 amide bonds. The topological polar surface area (TPSA) is 74.2 Å². The fourth-order valence-corrected chi connectivity index (χ4v) is 3.08. The third-order valence-electron chi connectivity index (χ3n) is 3.63. The molecule has 2 rings (SSSR count). The van der Waals surface area contributed by atoms with Crippen LogP contribution in [-0.2, 0) is 10.3 Å². The van der Waals surface area contributed by atoms with Gasteiger partial charge >= 0.3 is 0 Å². The highest BCUT2D eigenvalue weighted by Gasteiger charge is 2.41. The van der Waals surface area contributed by atoms with E-state index < -0.39 is 0 Å². The second kappa shape index (κ2) is 6.72. The number of aromatic nitrogens is 2. The van der Waals surface area contributed by atoms with E-state index in [0.29, 0.717) is 18.3 Å². The van der Waals surface area contributed by atoms with Gasteiger partial charge in [0.1, 0.15) is 5.60 Å². The first kappa shape index (κ1) is 14.8. The number of hydrogen-bond acceptors (Lipinski definition) is 6. The zero-order valence-corrected chi connectivity index (χ0v) is 12.5. The largest absolute Gasteiger partial charge is 0.367 e. The average Bonchev–Trinajstić information content (AvgIpc) is 3.05. The summed E-state index contributed by atoms with van der Waals surface area (Å²) in [5.41, 5.74) is 5.72. The maximum absolute atomic E-state index is 6.06. The van der Waals surface area contributed by atoms with Gasteiger partial charge in [-0.3, -0.25) is 0 Å². The Morgan fingerprint density at radius 1 is 1.47 bits per heavy atom. The van der Waals surface area contributed by atoms with E-state index in [0.717, 1.165) is 37.9 Å². The van der Waals surface area contributed by atoms with Gasteiger partial charge in [0.2, 0.25) is 11.7 Å². The number of rotatable bonds is 7. The van der Waals surface area contributed by atoms with Crippen molar-refractivity contribution in [3.63, 3.8) is 0 Å². The van der Waals surface area contributed by atoms with Crippen LogP contribution in [0.1, 0.15) is 56.8 Å². The molecule has 5 nitrogen and oxygen atoms in total. The van der Waals surface area contributed by atoms with Crippen LogP contribution in [0.5, 0.6) is 0 Å². The third kappa shape index (κ3) is 3.30. The van der Waals surface area contributed by atoms with Crippen molar-refractivity contribution in [2.45, 2.75) is 50.7 Å². The van der Waals surface area contributed by atoms with Crippen LogP contribution in [0, 0.1) is 0 Å². The van der Waals surface area contributed by atoms with Crippen molar-refractivity contribution < 1.29 is 9.26 Å². The first-order valence-corrected chi connectivity index (χ1v) is 8.34. The van der Waals surface area contributed by atoms with Crippen molar-refractivity contribution >= 4 is 11.8 Å². The molecule has 0 spiro atoms. The van der Waals surface area contributed by atoms with E-state index in [4.69, 9.17) is 15.0 Å². The summed E-state index contributed by atoms with van der Waals surface area (Å²) >= 11 is 1.77. The molecule has 19 heavy (non-hydrogen) atoms. The number of thioether (sulfide) groups is 1. The van der Waals surface area contributed by atoms with Gasteiger partial charge < -0.3 is 15.0 Å². The SMILES string of the molecule is CCOC1(c2noc([C@@H](N)CCSC)n2)CCCC1. The monoisotopic (exact) mass is 285 g/mol. The first-order valence-electron chi connectivity index (χ1n) is 6.94. The van der Waals surface area contributed by atoms with Crippen LogP contribution >= 0.6 is 11.8 Å². The summed E-state index contributed by atoms with van der Waals surface area (Å²) in [6, 6.07) is -0.172. The maximum atomic E-state index is 6.06. The second-order valence-electron chi connectivity index (χ2n) is 4.98. The predicted molar refractivity (Wildman–Crippen MR) is 76.0 cm³/mol. The van der Waals surface area contributed by atoms with Crippen molar-refractivity contribution in [3.8, 4) is 0 Å². The van der Waals surface area contributed by atoms with E-state index in [1.54, 1.807) is 11.8 Å². The highest BCUT2D eigenvalue weighted by atomic mass is 32.2. The Bertz CT molecular complexity index is 391. The average molecular weight is 285 g/mol. The van der Waals surface area contributed by atoms with Gasteiger partial charge in [0, 0.05) is 6.61 Å². The molecule has 1 aromatic heterocycles. The van der Waals surface area contributed by atoms with E-state index in [1.807, 2.05) is 6.92 Å². The third-order valence-corrected chi connectivity index (χ3v) is 4.28. The van der Waals surface area contributed by atoms with E-state index in [1.165, 1.54) is 0 Å². The van der Waals surface area contributed by atoms with Crippen LogP contribution < -0.4 is 5.73 Å². The Morgan fingerprint density at radius 2 is 2.21 bits per heavy atom. The lowest BCUT2D eigenvalue weighted by molar-refractivity contribution is -0.0469. The normalized spacial score (nSPS) is 19.7. The summed E-state index contributed by atoms with van der Waals surface area (Å²) in [4.78, 5) is 4.50. The summed E-state index contributed by atoms with van der Waals surface area (Å²) < 4.78 is 11.3. The molecule has 1 heterocycles. The number of ether oxygens (including phenoxy) is 1. The minimum absolute atomic E-state index is 0.172. The van der Waals surface area contributed by atoms with E-state index in [2.05, 4.69) is 16.4 Å². The fourth-order valence-electron chi connectivity index (χ4n) is 2.59. The van der Waals surface area contributed by atoms with Gasteiger partial charge in [-0.1, -0.05) is 5.16 Å². The Labute approximate surface area is 118 Å². The molecular formula is C13H23N3O2S. The van der Waals surface area contributed by atoms with Crippen LogP contribution in [0.25, 0.3) is 0 Å². The smallest absolute Gasteiger partial charge is 0.243 e. The van der Waals surface area contributed by atoms with E-state index in [9.17, 15) is 0 Å². The summed E-state index contributed by atoms with van der Waals surface area (Å²) in [7, 11) is 0. The molecule has 1 aromatic rings. The summed E-state index contributed by atoms with van der Waals surface area (Å²) in [6.07, 6.45) is 7.17. The van der Waals surface area contributed by atoms with E-state index >= 15 is 0 Å². The number of nitrogens with two attached hydrogens (primary N) is 1. The molecule has 1 fully saturated rings. The zero-order valence-electron chi connectivity index (χ0n) is 11.7. The van der Waals surface area contributed by atoms with Gasteiger partial charge in [0.15, 0.2) is 0 Å². The van der Waals surface area contributed by atoms with Crippen LogP contribution in [0.3, 0.4) is 0 Å². The van der Waals surface area contributed by atoms with Gasteiger partial charge in [-0.25, -0.2) is 0 Å². The zero-order chi connectivity index (χ0) is 13.7. The van der Waals surface area contributed by atoms with Crippen LogP contribution in [-0.4, -0.2) is 28.8 Å². The molecule has 1 aliphatic rings. The summed E-state index contributed by atoms with van der Waals surface area (Å²) in [5.74, 6) is 2.21. The van der Waals surface area contributed by atoms with Crippen LogP contribution in [0.2, 0.25) is 0 Å². The van der Waals surface area contributed by atoms with Gasteiger partial charge in [0.25, 0.3) is 0 Å². The fraction of sp³-hybridized carbons (Fsp3) is 0.846. The first-order chi connectivity index (χ1) is 9.22. The molecule has 1 aliphatic carbocycles. The van der Waals surface area contributed by atoms with Gasteiger partial charge in [-0.15, -0.1) is 0 Å². The summed E-state index contributed by atoms with van der Waals surface area (Å²) in [6.45, 7) is 2.67.